The molecule has 1 heterocycles. The Kier molecular flexibility index (Phi) is 7.28. The smallest absolute Gasteiger partial charge is 0.191 e. The van der Waals surface area contributed by atoms with Crippen LogP contribution in [0.2, 0.25) is 0 Å². The van der Waals surface area contributed by atoms with Crippen molar-refractivity contribution in [1.29, 1.82) is 0 Å². The van der Waals surface area contributed by atoms with Gasteiger partial charge in [0.2, 0.25) is 0 Å². The standard InChI is InChI=1S/C19H28N4S/c1-15(23(4)14-17-9-6-5-7-10-17)13-21-19(20-3)22-16(2)18-11-8-12-24-18/h5-12,15-16H,13-14H2,1-4H3,(H2,20,21,22). The van der Waals surface area contributed by atoms with Crippen LogP contribution in [0.3, 0.4) is 0 Å². The zero-order valence-corrected chi connectivity index (χ0v) is 15.8. The molecule has 2 N–H and O–H groups in total. The van der Waals surface area contributed by atoms with Crippen LogP contribution in [0.5, 0.6) is 0 Å². The molecule has 2 aromatic rings. The quantitative estimate of drug-likeness (QED) is 0.596. The second-order valence-electron chi connectivity index (χ2n) is 6.08. The summed E-state index contributed by atoms with van der Waals surface area (Å²) in [6.45, 7) is 6.18. The summed E-state index contributed by atoms with van der Waals surface area (Å²) in [7, 11) is 3.97. The fraction of sp³-hybridized carbons (Fsp3) is 0.421. The van der Waals surface area contributed by atoms with Crippen LogP contribution in [-0.2, 0) is 6.54 Å². The molecule has 0 fully saturated rings. The summed E-state index contributed by atoms with van der Waals surface area (Å²) < 4.78 is 0. The molecule has 4 nitrogen and oxygen atoms in total. The molecule has 0 aliphatic carbocycles. The van der Waals surface area contributed by atoms with Crippen LogP contribution in [0.1, 0.15) is 30.3 Å². The van der Waals surface area contributed by atoms with Gasteiger partial charge in [-0.25, -0.2) is 0 Å². The van der Waals surface area contributed by atoms with Crippen LogP contribution in [0.4, 0.5) is 0 Å². The number of aliphatic imine (C=N–C) groups is 1. The van der Waals surface area contributed by atoms with E-state index in [0.717, 1.165) is 19.0 Å². The van der Waals surface area contributed by atoms with Gasteiger partial charge in [-0.2, -0.15) is 0 Å². The topological polar surface area (TPSA) is 39.7 Å². The molecular weight excluding hydrogens is 316 g/mol. The molecule has 2 unspecified atom stereocenters. The molecule has 0 aliphatic rings. The van der Waals surface area contributed by atoms with Crippen molar-refractivity contribution < 1.29 is 0 Å². The van der Waals surface area contributed by atoms with Gasteiger partial charge in [-0.15, -0.1) is 11.3 Å². The fourth-order valence-corrected chi connectivity index (χ4v) is 3.17. The van der Waals surface area contributed by atoms with E-state index in [1.165, 1.54) is 10.4 Å². The van der Waals surface area contributed by atoms with Gasteiger partial charge in [0.25, 0.3) is 0 Å². The average molecular weight is 345 g/mol. The number of likely N-dealkylation sites (N-methyl/N-ethyl adjacent to an activating group) is 1. The van der Waals surface area contributed by atoms with Gasteiger partial charge in [0, 0.05) is 31.1 Å². The fourth-order valence-electron chi connectivity index (χ4n) is 2.44. The molecule has 0 amide bonds. The Balaban J connectivity index is 1.79. The summed E-state index contributed by atoms with van der Waals surface area (Å²) in [4.78, 5) is 7.99. The molecule has 1 aromatic heterocycles. The predicted molar refractivity (Wildman–Crippen MR) is 105 cm³/mol. The highest BCUT2D eigenvalue weighted by Gasteiger charge is 2.12. The van der Waals surface area contributed by atoms with Crippen molar-refractivity contribution in [3.05, 3.63) is 58.3 Å². The molecule has 24 heavy (non-hydrogen) atoms. The molecule has 130 valence electrons. The molecule has 0 spiro atoms. The molecule has 5 heteroatoms. The van der Waals surface area contributed by atoms with Crippen LogP contribution < -0.4 is 10.6 Å². The number of nitrogens with one attached hydrogen (secondary N) is 2. The normalized spacial score (nSPS) is 14.5. The van der Waals surface area contributed by atoms with Gasteiger partial charge in [0.1, 0.15) is 0 Å². The van der Waals surface area contributed by atoms with Gasteiger partial charge in [0.05, 0.1) is 6.04 Å². The molecule has 2 rings (SSSR count). The Morgan fingerprint density at radius 3 is 2.54 bits per heavy atom. The van der Waals surface area contributed by atoms with E-state index in [2.05, 4.69) is 89.3 Å². The lowest BCUT2D eigenvalue weighted by molar-refractivity contribution is 0.249. The summed E-state index contributed by atoms with van der Waals surface area (Å²) in [6, 6.07) is 15.4. The lowest BCUT2D eigenvalue weighted by Gasteiger charge is -2.26. The summed E-state index contributed by atoms with van der Waals surface area (Å²) in [5.41, 5.74) is 1.33. The van der Waals surface area contributed by atoms with Crippen LogP contribution in [-0.4, -0.2) is 37.5 Å². The van der Waals surface area contributed by atoms with E-state index in [1.54, 1.807) is 11.3 Å². The monoisotopic (exact) mass is 344 g/mol. The average Bonchev–Trinajstić information content (AvgIpc) is 3.13. The Morgan fingerprint density at radius 2 is 1.92 bits per heavy atom. The Bertz CT molecular complexity index is 610. The third-order valence-electron chi connectivity index (χ3n) is 4.14. The second-order valence-corrected chi connectivity index (χ2v) is 7.06. The number of rotatable bonds is 7. The van der Waals surface area contributed by atoms with Crippen LogP contribution in [0, 0.1) is 0 Å². The first-order valence-corrected chi connectivity index (χ1v) is 9.23. The van der Waals surface area contributed by atoms with E-state index in [4.69, 9.17) is 0 Å². The van der Waals surface area contributed by atoms with Crippen molar-refractivity contribution in [2.24, 2.45) is 4.99 Å². The van der Waals surface area contributed by atoms with Crippen LogP contribution in [0.25, 0.3) is 0 Å². The molecule has 0 aliphatic heterocycles. The van der Waals surface area contributed by atoms with Gasteiger partial charge < -0.3 is 10.6 Å². The Hall–Kier alpha value is -1.85. The van der Waals surface area contributed by atoms with Crippen LogP contribution in [0.15, 0.2) is 52.8 Å². The van der Waals surface area contributed by atoms with Gasteiger partial charge in [0.15, 0.2) is 5.96 Å². The minimum absolute atomic E-state index is 0.258. The molecular formula is C19H28N4S. The molecule has 0 saturated carbocycles. The van der Waals surface area contributed by atoms with Crippen molar-refractivity contribution in [1.82, 2.24) is 15.5 Å². The second kappa shape index (κ2) is 9.45. The van der Waals surface area contributed by atoms with E-state index < -0.39 is 0 Å². The summed E-state index contributed by atoms with van der Waals surface area (Å²) in [5.74, 6) is 0.843. The lowest BCUT2D eigenvalue weighted by atomic mass is 10.2. The first kappa shape index (κ1) is 18.5. The maximum Gasteiger partial charge on any atom is 0.191 e. The van der Waals surface area contributed by atoms with Crippen molar-refractivity contribution in [2.45, 2.75) is 32.5 Å². The Morgan fingerprint density at radius 1 is 1.17 bits per heavy atom. The number of benzene rings is 1. The predicted octanol–water partition coefficient (Wildman–Crippen LogP) is 3.49. The van der Waals surface area contributed by atoms with Gasteiger partial charge in [-0.3, -0.25) is 9.89 Å². The minimum atomic E-state index is 0.258. The highest BCUT2D eigenvalue weighted by atomic mass is 32.1. The van der Waals surface area contributed by atoms with Gasteiger partial charge in [-0.05, 0) is 37.9 Å². The lowest BCUT2D eigenvalue weighted by Crippen LogP contribution is -2.45. The van der Waals surface area contributed by atoms with Crippen LogP contribution >= 0.6 is 11.3 Å². The molecule has 0 saturated heterocycles. The first-order chi connectivity index (χ1) is 11.6. The number of nitrogens with zero attached hydrogens (tertiary/aromatic N) is 2. The molecule has 0 radical (unpaired) electrons. The third kappa shape index (κ3) is 5.65. The SMILES string of the molecule is CN=C(NCC(C)N(C)Cc1ccccc1)NC(C)c1cccs1. The number of guanidine groups is 1. The van der Waals surface area contributed by atoms with E-state index in [-0.39, 0.29) is 6.04 Å². The highest BCUT2D eigenvalue weighted by Crippen LogP contribution is 2.17. The third-order valence-corrected chi connectivity index (χ3v) is 5.19. The minimum Gasteiger partial charge on any atom is -0.355 e. The zero-order chi connectivity index (χ0) is 17.4. The molecule has 2 atom stereocenters. The largest absolute Gasteiger partial charge is 0.355 e. The van der Waals surface area contributed by atoms with Crippen molar-refractivity contribution in [3.63, 3.8) is 0 Å². The Labute approximate surface area is 149 Å². The van der Waals surface area contributed by atoms with Gasteiger partial charge >= 0.3 is 0 Å². The number of hydrogen-bond donors (Lipinski definition) is 2. The maximum absolute atomic E-state index is 4.33. The summed E-state index contributed by atoms with van der Waals surface area (Å²) in [6.07, 6.45) is 0. The van der Waals surface area contributed by atoms with Crippen molar-refractivity contribution >= 4 is 17.3 Å². The van der Waals surface area contributed by atoms with E-state index in [9.17, 15) is 0 Å². The highest BCUT2D eigenvalue weighted by molar-refractivity contribution is 7.10. The maximum atomic E-state index is 4.33. The zero-order valence-electron chi connectivity index (χ0n) is 15.0. The molecule has 0 bridgehead atoms. The number of hydrogen-bond acceptors (Lipinski definition) is 3. The van der Waals surface area contributed by atoms with E-state index >= 15 is 0 Å². The van der Waals surface area contributed by atoms with Crippen molar-refractivity contribution in [2.75, 3.05) is 20.6 Å². The van der Waals surface area contributed by atoms with Crippen molar-refractivity contribution in [3.8, 4) is 0 Å². The molecule has 1 aromatic carbocycles. The first-order valence-electron chi connectivity index (χ1n) is 8.35. The number of thiophene rings is 1. The van der Waals surface area contributed by atoms with E-state index in [1.807, 2.05) is 7.05 Å². The van der Waals surface area contributed by atoms with E-state index in [0.29, 0.717) is 6.04 Å². The summed E-state index contributed by atoms with van der Waals surface area (Å²) in [5, 5.41) is 8.98. The summed E-state index contributed by atoms with van der Waals surface area (Å²) >= 11 is 1.76. The van der Waals surface area contributed by atoms with Gasteiger partial charge in [-0.1, -0.05) is 36.4 Å².